The third-order valence-electron chi connectivity index (χ3n) is 4.04. The second kappa shape index (κ2) is 5.86. The fourth-order valence-electron chi connectivity index (χ4n) is 3.01. The number of morpholine rings is 1. The zero-order valence-electron chi connectivity index (χ0n) is 11.3. The Morgan fingerprint density at radius 2 is 2.16 bits per heavy atom. The Morgan fingerprint density at radius 1 is 1.32 bits per heavy atom. The molecule has 5 heteroatoms. The van der Waals surface area contributed by atoms with E-state index in [1.54, 1.807) is 6.20 Å². The summed E-state index contributed by atoms with van der Waals surface area (Å²) in [6.45, 7) is 7.12. The number of nitrogen functional groups attached to an aromatic ring is 1. The van der Waals surface area contributed by atoms with Crippen LogP contribution in [0, 0.1) is 0 Å². The number of nitrogens with zero attached hydrogens (tertiary/aromatic N) is 3. The second-order valence-electron chi connectivity index (χ2n) is 5.41. The van der Waals surface area contributed by atoms with Crippen LogP contribution >= 0.6 is 0 Å². The number of anilines is 1. The van der Waals surface area contributed by atoms with Crippen molar-refractivity contribution in [2.75, 3.05) is 45.1 Å². The summed E-state index contributed by atoms with van der Waals surface area (Å²) in [6, 6.07) is 4.50. The molecule has 0 amide bonds. The topological polar surface area (TPSA) is 54.6 Å². The van der Waals surface area contributed by atoms with Gasteiger partial charge < -0.3 is 10.5 Å². The Kier molecular flexibility index (Phi) is 3.96. The molecule has 2 N–H and O–H groups in total. The van der Waals surface area contributed by atoms with Crippen molar-refractivity contribution in [2.45, 2.75) is 19.0 Å². The number of likely N-dealkylation sites (tertiary alicyclic amines) is 1. The Labute approximate surface area is 114 Å². The second-order valence-corrected chi connectivity index (χ2v) is 5.41. The van der Waals surface area contributed by atoms with E-state index in [-0.39, 0.29) is 0 Å². The lowest BCUT2D eigenvalue weighted by molar-refractivity contribution is 0.0183. The van der Waals surface area contributed by atoms with Gasteiger partial charge in [-0.05, 0) is 18.6 Å². The Balaban J connectivity index is 1.54. The van der Waals surface area contributed by atoms with E-state index in [1.165, 1.54) is 6.42 Å². The minimum atomic E-state index is 0.685. The Hall–Kier alpha value is -1.17. The molecule has 0 spiro atoms. The molecule has 2 saturated heterocycles. The first kappa shape index (κ1) is 12.8. The van der Waals surface area contributed by atoms with Crippen molar-refractivity contribution in [1.29, 1.82) is 0 Å². The number of hydrogen-bond acceptors (Lipinski definition) is 5. The number of pyridine rings is 1. The molecule has 5 nitrogen and oxygen atoms in total. The van der Waals surface area contributed by atoms with Crippen molar-refractivity contribution in [3.05, 3.63) is 24.0 Å². The quantitative estimate of drug-likeness (QED) is 0.863. The van der Waals surface area contributed by atoms with Crippen LogP contribution in [0.5, 0.6) is 0 Å². The molecule has 1 aromatic rings. The van der Waals surface area contributed by atoms with Crippen molar-refractivity contribution < 1.29 is 4.74 Å². The number of nitrogens with two attached hydrogens (primary N) is 1. The van der Waals surface area contributed by atoms with Crippen molar-refractivity contribution >= 4 is 5.69 Å². The van der Waals surface area contributed by atoms with E-state index in [1.807, 2.05) is 12.1 Å². The van der Waals surface area contributed by atoms with Gasteiger partial charge in [0, 0.05) is 50.6 Å². The van der Waals surface area contributed by atoms with Crippen LogP contribution in [0.4, 0.5) is 5.69 Å². The molecule has 19 heavy (non-hydrogen) atoms. The maximum atomic E-state index is 5.80. The monoisotopic (exact) mass is 262 g/mol. The highest BCUT2D eigenvalue weighted by molar-refractivity contribution is 5.37. The predicted molar refractivity (Wildman–Crippen MR) is 74.7 cm³/mol. The van der Waals surface area contributed by atoms with Crippen LogP contribution in [0.25, 0.3) is 0 Å². The van der Waals surface area contributed by atoms with Gasteiger partial charge in [-0.1, -0.05) is 0 Å². The maximum Gasteiger partial charge on any atom is 0.0594 e. The molecule has 1 unspecified atom stereocenters. The van der Waals surface area contributed by atoms with E-state index in [4.69, 9.17) is 10.5 Å². The molecule has 2 aliphatic heterocycles. The fourth-order valence-corrected chi connectivity index (χ4v) is 3.01. The average Bonchev–Trinajstić information content (AvgIpc) is 2.88. The predicted octanol–water partition coefficient (Wildman–Crippen LogP) is 0.570. The molecular formula is C14H22N4O. The molecule has 104 valence electrons. The summed E-state index contributed by atoms with van der Waals surface area (Å²) in [6.07, 6.45) is 3.04. The van der Waals surface area contributed by atoms with E-state index in [9.17, 15) is 0 Å². The summed E-state index contributed by atoms with van der Waals surface area (Å²) in [5.74, 6) is 0. The molecule has 0 saturated carbocycles. The molecule has 2 aliphatic rings. The molecule has 0 bridgehead atoms. The first-order chi connectivity index (χ1) is 9.31. The van der Waals surface area contributed by atoms with Gasteiger partial charge in [-0.25, -0.2) is 0 Å². The number of hydrogen-bond donors (Lipinski definition) is 1. The first-order valence-electron chi connectivity index (χ1n) is 7.06. The van der Waals surface area contributed by atoms with Gasteiger partial charge in [0.1, 0.15) is 0 Å². The summed E-state index contributed by atoms with van der Waals surface area (Å²) in [5.41, 5.74) is 7.67. The van der Waals surface area contributed by atoms with Crippen LogP contribution in [-0.2, 0) is 11.3 Å². The Morgan fingerprint density at radius 3 is 2.95 bits per heavy atom. The highest BCUT2D eigenvalue weighted by Crippen LogP contribution is 2.19. The third-order valence-corrected chi connectivity index (χ3v) is 4.04. The maximum absolute atomic E-state index is 5.80. The highest BCUT2D eigenvalue weighted by atomic mass is 16.5. The van der Waals surface area contributed by atoms with Crippen LogP contribution in [0.15, 0.2) is 18.3 Å². The molecule has 1 aromatic heterocycles. The molecule has 0 aliphatic carbocycles. The van der Waals surface area contributed by atoms with Gasteiger partial charge in [-0.2, -0.15) is 0 Å². The lowest BCUT2D eigenvalue weighted by atomic mass is 10.2. The highest BCUT2D eigenvalue weighted by Gasteiger charge is 2.28. The largest absolute Gasteiger partial charge is 0.399 e. The minimum Gasteiger partial charge on any atom is -0.399 e. The van der Waals surface area contributed by atoms with Crippen LogP contribution < -0.4 is 5.73 Å². The molecule has 0 aromatic carbocycles. The van der Waals surface area contributed by atoms with E-state index < -0.39 is 0 Å². The molecule has 3 rings (SSSR count). The summed E-state index contributed by atoms with van der Waals surface area (Å²) in [7, 11) is 0. The lowest BCUT2D eigenvalue weighted by Crippen LogP contribution is -2.44. The van der Waals surface area contributed by atoms with Crippen molar-refractivity contribution in [1.82, 2.24) is 14.8 Å². The van der Waals surface area contributed by atoms with E-state index >= 15 is 0 Å². The number of ether oxygens (including phenoxy) is 1. The van der Waals surface area contributed by atoms with Crippen molar-refractivity contribution in [3.8, 4) is 0 Å². The van der Waals surface area contributed by atoms with Crippen LogP contribution in [-0.4, -0.2) is 60.2 Å². The molecular weight excluding hydrogens is 240 g/mol. The summed E-state index contributed by atoms with van der Waals surface area (Å²) in [5, 5.41) is 0. The van der Waals surface area contributed by atoms with Gasteiger partial charge in [0.25, 0.3) is 0 Å². The van der Waals surface area contributed by atoms with E-state index in [2.05, 4.69) is 14.8 Å². The molecule has 3 heterocycles. The van der Waals surface area contributed by atoms with Crippen molar-refractivity contribution in [3.63, 3.8) is 0 Å². The van der Waals surface area contributed by atoms with Gasteiger partial charge in [-0.3, -0.25) is 14.8 Å². The smallest absolute Gasteiger partial charge is 0.0594 e. The van der Waals surface area contributed by atoms with Crippen LogP contribution in [0.3, 0.4) is 0 Å². The fraction of sp³-hybridized carbons (Fsp3) is 0.643. The van der Waals surface area contributed by atoms with Crippen LogP contribution in [0.1, 0.15) is 12.1 Å². The summed E-state index contributed by atoms with van der Waals surface area (Å²) < 4.78 is 5.42. The van der Waals surface area contributed by atoms with Gasteiger partial charge in [0.15, 0.2) is 0 Å². The summed E-state index contributed by atoms with van der Waals surface area (Å²) >= 11 is 0. The summed E-state index contributed by atoms with van der Waals surface area (Å²) in [4.78, 5) is 9.43. The zero-order chi connectivity index (χ0) is 13.1. The van der Waals surface area contributed by atoms with E-state index in [0.29, 0.717) is 6.04 Å². The lowest BCUT2D eigenvalue weighted by Gasteiger charge is -2.32. The number of rotatable bonds is 3. The first-order valence-corrected chi connectivity index (χ1v) is 7.06. The van der Waals surface area contributed by atoms with Gasteiger partial charge in [-0.15, -0.1) is 0 Å². The zero-order valence-corrected chi connectivity index (χ0v) is 11.3. The van der Waals surface area contributed by atoms with Gasteiger partial charge >= 0.3 is 0 Å². The Bertz CT molecular complexity index is 420. The minimum absolute atomic E-state index is 0.685. The van der Waals surface area contributed by atoms with Gasteiger partial charge in [0.05, 0.1) is 18.9 Å². The number of aromatic nitrogens is 1. The molecule has 0 radical (unpaired) electrons. The third kappa shape index (κ3) is 3.23. The van der Waals surface area contributed by atoms with Gasteiger partial charge in [0.2, 0.25) is 0 Å². The SMILES string of the molecule is Nc1ccnc(CN2CCC(N3CCOCC3)C2)c1. The standard InChI is InChI=1S/C14H22N4O/c15-12-1-3-16-13(9-12)10-17-4-2-14(11-17)18-5-7-19-8-6-18/h1,3,9,14H,2,4-8,10-11H2,(H2,15,16). The molecule has 2 fully saturated rings. The van der Waals surface area contributed by atoms with Crippen molar-refractivity contribution in [2.24, 2.45) is 0 Å². The average molecular weight is 262 g/mol. The van der Waals surface area contributed by atoms with Crippen LogP contribution in [0.2, 0.25) is 0 Å². The molecule has 1 atom stereocenters. The normalized spacial score (nSPS) is 25.8. The van der Waals surface area contributed by atoms with E-state index in [0.717, 1.165) is 57.3 Å².